The van der Waals surface area contributed by atoms with E-state index < -0.39 is 5.97 Å². The summed E-state index contributed by atoms with van der Waals surface area (Å²) in [4.78, 5) is 25.7. The number of benzene rings is 2. The number of nitrogens with zero attached hydrogens (tertiary/aromatic N) is 1. The van der Waals surface area contributed by atoms with Crippen molar-refractivity contribution in [2.24, 2.45) is 0 Å². The molecule has 0 bridgehead atoms. The fourth-order valence-electron chi connectivity index (χ4n) is 2.23. The molecule has 0 atom stereocenters. The van der Waals surface area contributed by atoms with E-state index in [1.54, 1.807) is 36.4 Å². The van der Waals surface area contributed by atoms with Crippen molar-refractivity contribution in [2.45, 2.75) is 0 Å². The molecular weight excluding hydrogens is 330 g/mol. The predicted molar refractivity (Wildman–Crippen MR) is 95.5 cm³/mol. The summed E-state index contributed by atoms with van der Waals surface area (Å²) in [7, 11) is 0. The number of carboxylic acids is 1. The minimum absolute atomic E-state index is 0.150. The van der Waals surface area contributed by atoms with Gasteiger partial charge in [-0.05, 0) is 29.8 Å². The molecule has 1 amide bonds. The monoisotopic (exact) mass is 341 g/mol. The van der Waals surface area contributed by atoms with Crippen molar-refractivity contribution in [3.63, 3.8) is 0 Å². The number of para-hydroxylation sites is 1. The van der Waals surface area contributed by atoms with E-state index in [9.17, 15) is 14.7 Å². The van der Waals surface area contributed by atoms with Crippen LogP contribution in [0.2, 0.25) is 0 Å². The van der Waals surface area contributed by atoms with Crippen LogP contribution in [0.5, 0.6) is 0 Å². The lowest BCUT2D eigenvalue weighted by molar-refractivity contribution is -0.113. The highest BCUT2D eigenvalue weighted by Crippen LogP contribution is 2.36. The van der Waals surface area contributed by atoms with Crippen LogP contribution in [0.15, 0.2) is 59.5 Å². The first kappa shape index (κ1) is 15.5. The van der Waals surface area contributed by atoms with E-state index in [2.05, 4.69) is 0 Å². The van der Waals surface area contributed by atoms with Gasteiger partial charge in [-0.2, -0.15) is 0 Å². The molecule has 0 radical (unpaired) electrons. The number of anilines is 1. The lowest BCUT2D eigenvalue weighted by atomic mass is 10.1. The Labute approximate surface area is 142 Å². The first-order chi connectivity index (χ1) is 11.1. The van der Waals surface area contributed by atoms with E-state index in [4.69, 9.17) is 12.2 Å². The Morgan fingerprint density at radius 1 is 1.09 bits per heavy atom. The van der Waals surface area contributed by atoms with Gasteiger partial charge in [-0.15, -0.1) is 0 Å². The number of hydrogen-bond donors (Lipinski definition) is 1. The Hall–Kier alpha value is -2.44. The molecule has 1 saturated heterocycles. The zero-order valence-corrected chi connectivity index (χ0v) is 13.4. The van der Waals surface area contributed by atoms with Crippen molar-refractivity contribution in [2.75, 3.05) is 4.90 Å². The summed E-state index contributed by atoms with van der Waals surface area (Å²) in [6.45, 7) is 0. The molecule has 2 aromatic rings. The van der Waals surface area contributed by atoms with Crippen molar-refractivity contribution in [3.8, 4) is 0 Å². The molecule has 1 N–H and O–H groups in total. The number of rotatable bonds is 3. The molecule has 6 heteroatoms. The van der Waals surface area contributed by atoms with E-state index in [0.717, 1.165) is 0 Å². The van der Waals surface area contributed by atoms with Crippen LogP contribution in [0.4, 0.5) is 5.69 Å². The van der Waals surface area contributed by atoms with Crippen LogP contribution in [0.3, 0.4) is 0 Å². The predicted octanol–water partition coefficient (Wildman–Crippen LogP) is 3.79. The fraction of sp³-hybridized carbons (Fsp3) is 0. The molecule has 0 saturated carbocycles. The SMILES string of the molecule is O=C(O)c1ccccc1/C=C1\SC(=S)N(c2ccccc2)C1=O. The smallest absolute Gasteiger partial charge is 0.336 e. The third-order valence-electron chi connectivity index (χ3n) is 3.29. The normalized spacial score (nSPS) is 16.2. The van der Waals surface area contributed by atoms with Gasteiger partial charge in [-0.25, -0.2) is 4.79 Å². The Morgan fingerprint density at radius 2 is 1.74 bits per heavy atom. The maximum absolute atomic E-state index is 12.6. The fourth-order valence-corrected chi connectivity index (χ4v) is 3.52. The summed E-state index contributed by atoms with van der Waals surface area (Å²) >= 11 is 6.46. The second kappa shape index (κ2) is 6.36. The summed E-state index contributed by atoms with van der Waals surface area (Å²) < 4.78 is 0.431. The number of carboxylic acid groups (broad SMARTS) is 1. The van der Waals surface area contributed by atoms with Gasteiger partial charge in [0.15, 0.2) is 4.32 Å². The zero-order chi connectivity index (χ0) is 16.4. The Balaban J connectivity index is 1.99. The molecule has 4 nitrogen and oxygen atoms in total. The molecule has 0 unspecified atom stereocenters. The largest absolute Gasteiger partial charge is 0.478 e. The van der Waals surface area contributed by atoms with Crippen molar-refractivity contribution in [1.82, 2.24) is 0 Å². The van der Waals surface area contributed by atoms with Gasteiger partial charge >= 0.3 is 5.97 Å². The molecule has 23 heavy (non-hydrogen) atoms. The Morgan fingerprint density at radius 3 is 2.43 bits per heavy atom. The maximum atomic E-state index is 12.6. The number of thiocarbonyl (C=S) groups is 1. The van der Waals surface area contributed by atoms with Gasteiger partial charge in [-0.3, -0.25) is 9.69 Å². The molecule has 2 aromatic carbocycles. The molecule has 0 aromatic heterocycles. The van der Waals surface area contributed by atoms with E-state index in [0.29, 0.717) is 20.5 Å². The van der Waals surface area contributed by atoms with Gasteiger partial charge in [-0.1, -0.05) is 60.4 Å². The molecule has 1 aliphatic rings. The molecule has 1 fully saturated rings. The van der Waals surface area contributed by atoms with Crippen LogP contribution in [0.1, 0.15) is 15.9 Å². The van der Waals surface area contributed by atoms with Crippen molar-refractivity contribution >= 4 is 51.9 Å². The number of thioether (sulfide) groups is 1. The molecule has 0 spiro atoms. The highest BCUT2D eigenvalue weighted by atomic mass is 32.2. The molecule has 3 rings (SSSR count). The van der Waals surface area contributed by atoms with Crippen molar-refractivity contribution in [3.05, 3.63) is 70.6 Å². The van der Waals surface area contributed by atoms with E-state index in [1.165, 1.54) is 22.7 Å². The molecule has 1 aliphatic heterocycles. The second-order valence-corrected chi connectivity index (χ2v) is 6.42. The molecular formula is C17H11NO3S2. The highest BCUT2D eigenvalue weighted by Gasteiger charge is 2.33. The number of hydrogen-bond acceptors (Lipinski definition) is 4. The number of amides is 1. The first-order valence-electron chi connectivity index (χ1n) is 6.73. The van der Waals surface area contributed by atoms with Crippen molar-refractivity contribution < 1.29 is 14.7 Å². The average Bonchev–Trinajstić information content (AvgIpc) is 2.82. The summed E-state index contributed by atoms with van der Waals surface area (Å²) in [6, 6.07) is 15.7. The van der Waals surface area contributed by atoms with Crippen LogP contribution in [0.25, 0.3) is 6.08 Å². The van der Waals surface area contributed by atoms with Crippen LogP contribution in [-0.4, -0.2) is 21.3 Å². The molecule has 1 heterocycles. The Bertz CT molecular complexity index is 831. The first-order valence-corrected chi connectivity index (χ1v) is 7.96. The third-order valence-corrected chi connectivity index (χ3v) is 4.59. The van der Waals surface area contributed by atoms with E-state index in [-0.39, 0.29) is 11.5 Å². The van der Waals surface area contributed by atoms with Gasteiger partial charge in [0.2, 0.25) is 0 Å². The van der Waals surface area contributed by atoms with Gasteiger partial charge < -0.3 is 5.11 Å². The van der Waals surface area contributed by atoms with Crippen LogP contribution in [0, 0.1) is 0 Å². The lowest BCUT2D eigenvalue weighted by Gasteiger charge is -2.13. The number of aromatic carboxylic acids is 1. The Kier molecular flexibility index (Phi) is 4.27. The van der Waals surface area contributed by atoms with Crippen LogP contribution < -0.4 is 4.90 Å². The average molecular weight is 341 g/mol. The van der Waals surface area contributed by atoms with Gasteiger partial charge in [0.1, 0.15) is 0 Å². The third kappa shape index (κ3) is 3.04. The summed E-state index contributed by atoms with van der Waals surface area (Å²) in [5, 5.41) is 9.23. The van der Waals surface area contributed by atoms with Crippen molar-refractivity contribution in [1.29, 1.82) is 0 Å². The quantitative estimate of drug-likeness (QED) is 0.680. The van der Waals surface area contributed by atoms with Gasteiger partial charge in [0.05, 0.1) is 16.2 Å². The van der Waals surface area contributed by atoms with Crippen LogP contribution >= 0.6 is 24.0 Å². The number of carbonyl (C=O) groups is 2. The number of carbonyl (C=O) groups excluding carboxylic acids is 1. The molecule has 114 valence electrons. The summed E-state index contributed by atoms with van der Waals surface area (Å²) in [5.41, 5.74) is 1.33. The summed E-state index contributed by atoms with van der Waals surface area (Å²) in [5.74, 6) is -1.28. The van der Waals surface area contributed by atoms with E-state index in [1.807, 2.05) is 18.2 Å². The van der Waals surface area contributed by atoms with Gasteiger partial charge in [0.25, 0.3) is 5.91 Å². The zero-order valence-electron chi connectivity index (χ0n) is 11.8. The maximum Gasteiger partial charge on any atom is 0.336 e. The topological polar surface area (TPSA) is 57.6 Å². The minimum Gasteiger partial charge on any atom is -0.478 e. The highest BCUT2D eigenvalue weighted by molar-refractivity contribution is 8.27. The standard InChI is InChI=1S/C17H11NO3S2/c19-15-14(10-11-6-4-5-9-13(11)16(20)21)23-17(22)18(15)12-7-2-1-3-8-12/h1-10H,(H,20,21)/b14-10-. The minimum atomic E-state index is -1.03. The van der Waals surface area contributed by atoms with E-state index >= 15 is 0 Å². The lowest BCUT2D eigenvalue weighted by Crippen LogP contribution is -2.27. The van der Waals surface area contributed by atoms with Gasteiger partial charge in [0, 0.05) is 0 Å². The molecule has 0 aliphatic carbocycles. The van der Waals surface area contributed by atoms with Crippen LogP contribution in [-0.2, 0) is 4.79 Å². The summed E-state index contributed by atoms with van der Waals surface area (Å²) in [6.07, 6.45) is 1.58. The second-order valence-electron chi connectivity index (χ2n) is 4.75.